The number of ether oxygens (including phenoxy) is 1. The largest absolute Gasteiger partial charge is 0.420 e. The lowest BCUT2D eigenvalue weighted by Gasteiger charge is -2.23. The van der Waals surface area contributed by atoms with E-state index in [1.54, 1.807) is 23.7 Å². The van der Waals surface area contributed by atoms with Crippen molar-refractivity contribution in [3.8, 4) is 23.2 Å². The first-order valence-electron chi connectivity index (χ1n) is 7.73. The maximum atomic E-state index is 9.66. The van der Waals surface area contributed by atoms with E-state index in [-0.39, 0.29) is 11.8 Å². The molecule has 6 nitrogen and oxygen atoms in total. The maximum absolute atomic E-state index is 9.66. The molecule has 4 heterocycles. The number of hydrogen-bond acceptors (Lipinski definition) is 6. The lowest BCUT2D eigenvalue weighted by molar-refractivity contribution is 0.379. The van der Waals surface area contributed by atoms with Crippen molar-refractivity contribution in [2.24, 2.45) is 5.73 Å². The summed E-state index contributed by atoms with van der Waals surface area (Å²) >= 11 is 1.72. The van der Waals surface area contributed by atoms with Gasteiger partial charge in [-0.15, -0.1) is 16.4 Å². The summed E-state index contributed by atoms with van der Waals surface area (Å²) in [5.41, 5.74) is 9.95. The molecule has 4 rings (SSSR count). The highest BCUT2D eigenvalue weighted by molar-refractivity contribution is 7.12. The van der Waals surface area contributed by atoms with Gasteiger partial charge in [-0.25, -0.2) is 0 Å². The number of aryl methyl sites for hydroxylation is 2. The van der Waals surface area contributed by atoms with Crippen molar-refractivity contribution in [1.29, 1.82) is 5.26 Å². The fraction of sp³-hybridized carbons (Fsp3) is 0.167. The summed E-state index contributed by atoms with van der Waals surface area (Å²) in [6, 6.07) is 8.08. The molecule has 1 aliphatic heterocycles. The number of nitrogens with one attached hydrogen (secondary N) is 1. The Labute approximate surface area is 148 Å². The van der Waals surface area contributed by atoms with Crippen LogP contribution >= 0.6 is 11.3 Å². The maximum Gasteiger partial charge on any atom is 0.244 e. The second-order valence-corrected chi connectivity index (χ2v) is 7.32. The molecule has 0 aliphatic carbocycles. The Kier molecular flexibility index (Phi) is 3.55. The molecule has 0 bridgehead atoms. The van der Waals surface area contributed by atoms with Crippen LogP contribution in [0.5, 0.6) is 5.88 Å². The molecule has 3 aromatic rings. The van der Waals surface area contributed by atoms with E-state index in [0.717, 1.165) is 22.4 Å². The summed E-state index contributed by atoms with van der Waals surface area (Å²) in [6.45, 7) is 4.14. The van der Waals surface area contributed by atoms with Gasteiger partial charge in [0.1, 0.15) is 11.6 Å². The number of aromatic nitrogens is 3. The number of nitrogens with zero attached hydrogens (tertiary/aromatic N) is 3. The van der Waals surface area contributed by atoms with E-state index in [1.807, 2.05) is 12.1 Å². The molecule has 0 radical (unpaired) electrons. The number of rotatable bonds is 2. The highest BCUT2D eigenvalue weighted by atomic mass is 32.1. The number of nitriles is 1. The van der Waals surface area contributed by atoms with Crippen LogP contribution in [0.3, 0.4) is 0 Å². The molecule has 25 heavy (non-hydrogen) atoms. The number of aromatic amines is 1. The Balaban J connectivity index is 1.98. The third kappa shape index (κ3) is 2.39. The van der Waals surface area contributed by atoms with Gasteiger partial charge in [0.25, 0.3) is 0 Å². The zero-order chi connectivity index (χ0) is 17.6. The molecule has 124 valence electrons. The van der Waals surface area contributed by atoms with Crippen LogP contribution in [0.25, 0.3) is 11.3 Å². The molecule has 0 fully saturated rings. The monoisotopic (exact) mass is 349 g/mol. The van der Waals surface area contributed by atoms with Crippen LogP contribution in [0.2, 0.25) is 0 Å². The number of allylic oxidation sites excluding steroid dienone is 1. The summed E-state index contributed by atoms with van der Waals surface area (Å²) in [4.78, 5) is 6.58. The van der Waals surface area contributed by atoms with Crippen LogP contribution in [-0.4, -0.2) is 15.2 Å². The quantitative estimate of drug-likeness (QED) is 0.739. The lowest BCUT2D eigenvalue weighted by Crippen LogP contribution is -2.21. The summed E-state index contributed by atoms with van der Waals surface area (Å²) in [5, 5.41) is 17.0. The Bertz CT molecular complexity index is 1030. The molecule has 1 atom stereocenters. The zero-order valence-electron chi connectivity index (χ0n) is 13.7. The number of nitrogens with two attached hydrogens (primary N) is 1. The van der Waals surface area contributed by atoms with Gasteiger partial charge in [0.05, 0.1) is 17.2 Å². The number of pyridine rings is 1. The van der Waals surface area contributed by atoms with E-state index in [0.29, 0.717) is 11.5 Å². The summed E-state index contributed by atoms with van der Waals surface area (Å²) < 4.78 is 5.61. The van der Waals surface area contributed by atoms with Gasteiger partial charge in [-0.05, 0) is 31.5 Å². The zero-order valence-corrected chi connectivity index (χ0v) is 14.5. The van der Waals surface area contributed by atoms with Crippen LogP contribution in [-0.2, 0) is 0 Å². The first-order chi connectivity index (χ1) is 12.1. The SMILES string of the molecule is Cc1cc(-c2[nH]nc3c2C(c2cccnc2)C(C#N)=C(N)O3)c(C)s1. The summed E-state index contributed by atoms with van der Waals surface area (Å²) in [5.74, 6) is 0.125. The molecular formula is C18H15N5OS. The molecule has 0 saturated carbocycles. The topological polar surface area (TPSA) is 101 Å². The number of hydrogen-bond donors (Lipinski definition) is 2. The van der Waals surface area contributed by atoms with E-state index < -0.39 is 0 Å². The van der Waals surface area contributed by atoms with Gasteiger partial charge in [-0.2, -0.15) is 5.26 Å². The molecular weight excluding hydrogens is 334 g/mol. The van der Waals surface area contributed by atoms with Gasteiger partial charge in [0, 0.05) is 27.7 Å². The number of fused-ring (bicyclic) bond motifs is 1. The van der Waals surface area contributed by atoms with E-state index in [1.165, 1.54) is 9.75 Å². The lowest BCUT2D eigenvalue weighted by atomic mass is 9.84. The van der Waals surface area contributed by atoms with Crippen molar-refractivity contribution in [3.05, 3.63) is 62.9 Å². The molecule has 3 N–H and O–H groups in total. The average Bonchev–Trinajstić information content (AvgIpc) is 3.16. The smallest absolute Gasteiger partial charge is 0.244 e. The van der Waals surface area contributed by atoms with E-state index in [2.05, 4.69) is 41.2 Å². The van der Waals surface area contributed by atoms with Gasteiger partial charge in [0.15, 0.2) is 0 Å². The summed E-state index contributed by atoms with van der Waals surface area (Å²) in [7, 11) is 0. The molecule has 3 aromatic heterocycles. The highest BCUT2D eigenvalue weighted by Crippen LogP contribution is 2.46. The number of H-pyrrole nitrogens is 1. The van der Waals surface area contributed by atoms with Gasteiger partial charge in [-0.3, -0.25) is 10.1 Å². The van der Waals surface area contributed by atoms with E-state index in [9.17, 15) is 5.26 Å². The van der Waals surface area contributed by atoms with Gasteiger partial charge < -0.3 is 10.5 Å². The molecule has 7 heteroatoms. The molecule has 0 aromatic carbocycles. The second-order valence-electron chi connectivity index (χ2n) is 5.86. The Morgan fingerprint density at radius 1 is 1.40 bits per heavy atom. The minimum atomic E-state index is -0.365. The van der Waals surface area contributed by atoms with Crippen LogP contribution in [0.4, 0.5) is 0 Å². The van der Waals surface area contributed by atoms with Crippen molar-refractivity contribution >= 4 is 11.3 Å². The number of thiophene rings is 1. The molecule has 0 saturated heterocycles. The fourth-order valence-electron chi connectivity index (χ4n) is 3.21. The fourth-order valence-corrected chi connectivity index (χ4v) is 4.14. The van der Waals surface area contributed by atoms with Crippen molar-refractivity contribution in [2.45, 2.75) is 19.8 Å². The molecule has 0 spiro atoms. The van der Waals surface area contributed by atoms with E-state index >= 15 is 0 Å². The van der Waals surface area contributed by atoms with Crippen LogP contribution < -0.4 is 10.5 Å². The third-order valence-electron chi connectivity index (χ3n) is 4.27. The first kappa shape index (κ1) is 15.4. The van der Waals surface area contributed by atoms with Gasteiger partial charge in [0.2, 0.25) is 11.8 Å². The molecule has 1 aliphatic rings. The molecule has 0 amide bonds. The second kappa shape index (κ2) is 5.76. The van der Waals surface area contributed by atoms with Crippen molar-refractivity contribution < 1.29 is 4.74 Å². The average molecular weight is 349 g/mol. The van der Waals surface area contributed by atoms with Crippen LogP contribution in [0, 0.1) is 25.2 Å². The minimum Gasteiger partial charge on any atom is -0.420 e. The minimum absolute atomic E-state index is 0.0834. The van der Waals surface area contributed by atoms with Crippen LogP contribution in [0.1, 0.15) is 26.8 Å². The Hall–Kier alpha value is -3.11. The predicted molar refractivity (Wildman–Crippen MR) is 94.9 cm³/mol. The van der Waals surface area contributed by atoms with Crippen molar-refractivity contribution in [1.82, 2.24) is 15.2 Å². The molecule has 1 unspecified atom stereocenters. The van der Waals surface area contributed by atoms with Crippen molar-refractivity contribution in [3.63, 3.8) is 0 Å². The normalized spacial score (nSPS) is 16.3. The summed E-state index contributed by atoms with van der Waals surface area (Å²) in [6.07, 6.45) is 3.44. The third-order valence-corrected chi connectivity index (χ3v) is 5.23. The van der Waals surface area contributed by atoms with Gasteiger partial charge >= 0.3 is 0 Å². The van der Waals surface area contributed by atoms with Gasteiger partial charge in [-0.1, -0.05) is 6.07 Å². The first-order valence-corrected chi connectivity index (χ1v) is 8.55. The Morgan fingerprint density at radius 2 is 2.24 bits per heavy atom. The van der Waals surface area contributed by atoms with E-state index in [4.69, 9.17) is 10.5 Å². The van der Waals surface area contributed by atoms with Crippen LogP contribution in [0.15, 0.2) is 42.0 Å². The Morgan fingerprint density at radius 3 is 2.88 bits per heavy atom. The highest BCUT2D eigenvalue weighted by Gasteiger charge is 2.36. The van der Waals surface area contributed by atoms with Crippen molar-refractivity contribution in [2.75, 3.05) is 0 Å². The predicted octanol–water partition coefficient (Wildman–Crippen LogP) is 3.37. The standard InChI is InChI=1S/C18H15N5OS/c1-9-6-12(10(2)25-9)16-15-14(11-4-3-5-21-8-11)13(7-19)17(20)24-18(15)23-22-16/h3-6,8,14H,20H2,1-2H3,(H,22,23).